The lowest BCUT2D eigenvalue weighted by atomic mass is 9.81. The maximum Gasteiger partial charge on any atom is 0.224 e. The normalized spacial score (nSPS) is 34.6. The summed E-state index contributed by atoms with van der Waals surface area (Å²) >= 11 is 1.80. The summed E-state index contributed by atoms with van der Waals surface area (Å²) in [7, 11) is 0. The Kier molecular flexibility index (Phi) is 4.21. The third kappa shape index (κ3) is 3.15. The smallest absolute Gasteiger partial charge is 0.224 e. The molecule has 2 unspecified atom stereocenters. The van der Waals surface area contributed by atoms with E-state index in [0.29, 0.717) is 17.8 Å². The molecule has 3 fully saturated rings. The third-order valence-electron chi connectivity index (χ3n) is 7.11. The monoisotopic (exact) mass is 382 g/mol. The molecule has 4 heteroatoms. The number of nitrogens with one attached hydrogen (secondary N) is 1. The third-order valence-corrected chi connectivity index (χ3v) is 7.92. The van der Waals surface area contributed by atoms with Crippen molar-refractivity contribution in [2.24, 2.45) is 29.6 Å². The number of likely N-dealkylation sites (tertiary alicyclic amines) is 1. The molecule has 1 aliphatic heterocycles. The predicted molar refractivity (Wildman–Crippen MR) is 112 cm³/mol. The van der Waals surface area contributed by atoms with Crippen molar-refractivity contribution in [2.45, 2.75) is 32.2 Å². The highest BCUT2D eigenvalue weighted by Gasteiger charge is 2.60. The lowest BCUT2D eigenvalue weighted by Crippen LogP contribution is -2.48. The van der Waals surface area contributed by atoms with Gasteiger partial charge < -0.3 is 10.2 Å². The molecule has 1 heterocycles. The van der Waals surface area contributed by atoms with Crippen LogP contribution in [0.2, 0.25) is 0 Å². The number of allylic oxidation sites excluding steroid dienone is 6. The van der Waals surface area contributed by atoms with Gasteiger partial charge in [0.2, 0.25) is 5.91 Å². The predicted octanol–water partition coefficient (Wildman–Crippen LogP) is 3.77. The van der Waals surface area contributed by atoms with E-state index in [0.717, 1.165) is 19.0 Å². The molecule has 0 aromatic heterocycles. The summed E-state index contributed by atoms with van der Waals surface area (Å²) in [6, 6.07) is 0. The molecule has 1 amide bonds. The fourth-order valence-electron chi connectivity index (χ4n) is 5.41. The lowest BCUT2D eigenvalue weighted by Gasteiger charge is -2.33. The van der Waals surface area contributed by atoms with Crippen LogP contribution in [0, 0.1) is 29.6 Å². The van der Waals surface area contributed by atoms with E-state index in [9.17, 15) is 4.79 Å². The maximum atomic E-state index is 13.0. The van der Waals surface area contributed by atoms with Gasteiger partial charge in [-0.15, -0.1) is 11.8 Å². The first kappa shape index (κ1) is 17.8. The molecule has 5 aliphatic rings. The van der Waals surface area contributed by atoms with Crippen LogP contribution in [0.25, 0.3) is 0 Å². The number of fused-ring (bicyclic) bond motifs is 2. The lowest BCUT2D eigenvalue weighted by molar-refractivity contribution is -0.124. The minimum absolute atomic E-state index is 0.248. The Bertz CT molecular complexity index is 774. The molecule has 1 saturated heterocycles. The molecular formula is C23H30N2OS. The maximum absolute atomic E-state index is 13.0. The van der Waals surface area contributed by atoms with E-state index in [1.807, 2.05) is 0 Å². The van der Waals surface area contributed by atoms with Crippen LogP contribution in [0.5, 0.6) is 0 Å². The van der Waals surface area contributed by atoms with Crippen molar-refractivity contribution in [3.05, 3.63) is 46.4 Å². The largest absolute Gasteiger partial charge is 0.347 e. The van der Waals surface area contributed by atoms with Crippen LogP contribution in [0.15, 0.2) is 46.4 Å². The zero-order valence-electron chi connectivity index (χ0n) is 16.6. The van der Waals surface area contributed by atoms with Crippen LogP contribution in [0.1, 0.15) is 26.7 Å². The standard InChI is InChI=1S/C23H30N2OS/c1-23(2,19-10-9-16-15(19)5-4-6-20(16)27-3)24-22(26)21-17-12-25(13-18(17)21)11-14-7-8-14/h4-6,9-10,14-15,17-18,21H,7-8,11-13H2,1-3H3,(H,24,26)/t15?,17-,18+,21?. The van der Waals surface area contributed by atoms with Gasteiger partial charge in [0.15, 0.2) is 0 Å². The van der Waals surface area contributed by atoms with E-state index < -0.39 is 0 Å². The fourth-order valence-corrected chi connectivity index (χ4v) is 6.06. The zero-order valence-corrected chi connectivity index (χ0v) is 17.4. The quantitative estimate of drug-likeness (QED) is 0.759. The molecule has 0 spiro atoms. The van der Waals surface area contributed by atoms with Crippen molar-refractivity contribution < 1.29 is 4.79 Å². The fraction of sp³-hybridized carbons (Fsp3) is 0.609. The Morgan fingerprint density at radius 2 is 1.96 bits per heavy atom. The topological polar surface area (TPSA) is 32.3 Å². The molecule has 1 N–H and O–H groups in total. The van der Waals surface area contributed by atoms with Gasteiger partial charge in [-0.1, -0.05) is 24.3 Å². The van der Waals surface area contributed by atoms with Crippen molar-refractivity contribution in [1.29, 1.82) is 0 Å². The number of rotatable bonds is 6. The number of piperidine rings is 1. The zero-order chi connectivity index (χ0) is 18.8. The van der Waals surface area contributed by atoms with Crippen molar-refractivity contribution >= 4 is 17.7 Å². The molecule has 144 valence electrons. The van der Waals surface area contributed by atoms with E-state index in [1.54, 1.807) is 11.8 Å². The number of thioether (sulfide) groups is 1. The van der Waals surface area contributed by atoms with Gasteiger partial charge in [0.1, 0.15) is 0 Å². The van der Waals surface area contributed by atoms with Gasteiger partial charge >= 0.3 is 0 Å². The van der Waals surface area contributed by atoms with E-state index in [4.69, 9.17) is 0 Å². The molecule has 0 bridgehead atoms. The van der Waals surface area contributed by atoms with Crippen LogP contribution < -0.4 is 5.32 Å². The highest BCUT2D eigenvalue weighted by atomic mass is 32.2. The van der Waals surface area contributed by atoms with Gasteiger partial charge in [-0.3, -0.25) is 4.79 Å². The van der Waals surface area contributed by atoms with Crippen LogP contribution in [-0.2, 0) is 4.79 Å². The summed E-state index contributed by atoms with van der Waals surface area (Å²) in [5, 5.41) is 3.40. The molecule has 2 saturated carbocycles. The van der Waals surface area contributed by atoms with E-state index in [1.165, 1.54) is 35.4 Å². The van der Waals surface area contributed by atoms with Gasteiger partial charge in [0, 0.05) is 36.4 Å². The van der Waals surface area contributed by atoms with Gasteiger partial charge in [0.05, 0.1) is 5.54 Å². The molecule has 4 atom stereocenters. The van der Waals surface area contributed by atoms with Crippen molar-refractivity contribution in [3.63, 3.8) is 0 Å². The summed E-state index contributed by atoms with van der Waals surface area (Å²) in [5.41, 5.74) is 2.37. The average Bonchev–Trinajstić information content (AvgIpc) is 3.46. The number of amides is 1. The number of carbonyl (C=O) groups is 1. The number of hydrogen-bond donors (Lipinski definition) is 1. The van der Waals surface area contributed by atoms with Crippen molar-refractivity contribution in [3.8, 4) is 0 Å². The molecule has 0 aromatic rings. The average molecular weight is 383 g/mol. The van der Waals surface area contributed by atoms with Crippen LogP contribution >= 0.6 is 11.8 Å². The first-order valence-corrected chi connectivity index (χ1v) is 11.6. The first-order valence-electron chi connectivity index (χ1n) is 10.4. The Balaban J connectivity index is 1.20. The Morgan fingerprint density at radius 1 is 1.22 bits per heavy atom. The summed E-state index contributed by atoms with van der Waals surface area (Å²) < 4.78 is 0. The SMILES string of the molecule is CSC1=CC=CC2C1=CC=C2C(C)(C)NC(=O)C1[C@H]2CN(CC3CC3)C[C@@H]12. The highest BCUT2D eigenvalue weighted by molar-refractivity contribution is 8.02. The van der Waals surface area contributed by atoms with Gasteiger partial charge in [-0.05, 0) is 67.9 Å². The molecule has 4 aliphatic carbocycles. The Morgan fingerprint density at radius 3 is 2.63 bits per heavy atom. The summed E-state index contributed by atoms with van der Waals surface area (Å²) in [6.45, 7) is 7.88. The molecule has 0 radical (unpaired) electrons. The molecule has 3 nitrogen and oxygen atoms in total. The number of carbonyl (C=O) groups excluding carboxylic acids is 1. The minimum atomic E-state index is -0.310. The van der Waals surface area contributed by atoms with Gasteiger partial charge in [-0.25, -0.2) is 0 Å². The van der Waals surface area contributed by atoms with E-state index in [-0.39, 0.29) is 17.4 Å². The van der Waals surface area contributed by atoms with Gasteiger partial charge in [0.25, 0.3) is 0 Å². The van der Waals surface area contributed by atoms with Crippen molar-refractivity contribution in [1.82, 2.24) is 10.2 Å². The first-order chi connectivity index (χ1) is 13.0. The Labute approximate surface area is 167 Å². The Hall–Kier alpha value is -1.26. The molecule has 27 heavy (non-hydrogen) atoms. The molecule has 0 aromatic carbocycles. The van der Waals surface area contributed by atoms with Crippen LogP contribution in [-0.4, -0.2) is 42.2 Å². The summed E-state index contributed by atoms with van der Waals surface area (Å²) in [6.07, 6.45) is 16.0. The van der Waals surface area contributed by atoms with E-state index in [2.05, 4.69) is 60.7 Å². The van der Waals surface area contributed by atoms with Crippen molar-refractivity contribution in [2.75, 3.05) is 25.9 Å². The number of nitrogens with zero attached hydrogens (tertiary/aromatic N) is 1. The van der Waals surface area contributed by atoms with E-state index >= 15 is 0 Å². The van der Waals surface area contributed by atoms with Gasteiger partial charge in [-0.2, -0.15) is 0 Å². The second-order valence-corrected chi connectivity index (χ2v) is 10.3. The summed E-state index contributed by atoms with van der Waals surface area (Å²) in [4.78, 5) is 16.9. The number of hydrogen-bond acceptors (Lipinski definition) is 3. The highest BCUT2D eigenvalue weighted by Crippen LogP contribution is 2.53. The molecule has 5 rings (SSSR count). The molecular weight excluding hydrogens is 352 g/mol. The second-order valence-electron chi connectivity index (χ2n) is 9.47. The second kappa shape index (κ2) is 6.38. The summed E-state index contributed by atoms with van der Waals surface area (Å²) in [5.74, 6) is 2.99. The van der Waals surface area contributed by atoms with Crippen LogP contribution in [0.3, 0.4) is 0 Å². The minimum Gasteiger partial charge on any atom is -0.347 e. The van der Waals surface area contributed by atoms with Crippen LogP contribution in [0.4, 0.5) is 0 Å².